The van der Waals surface area contributed by atoms with Gasteiger partial charge in [0.25, 0.3) is 10.1 Å². The summed E-state index contributed by atoms with van der Waals surface area (Å²) in [6, 6.07) is 0. The summed E-state index contributed by atoms with van der Waals surface area (Å²) < 4.78 is 145. The molecule has 0 aromatic rings. The van der Waals surface area contributed by atoms with E-state index in [1.165, 1.54) is 20.8 Å². The van der Waals surface area contributed by atoms with E-state index in [2.05, 4.69) is 0 Å². The fourth-order valence-corrected chi connectivity index (χ4v) is 0. The Labute approximate surface area is 143 Å². The van der Waals surface area contributed by atoms with E-state index in [0.29, 0.717) is 0 Å². The van der Waals surface area contributed by atoms with Crippen molar-refractivity contribution in [1.29, 1.82) is 0 Å². The van der Waals surface area contributed by atoms with Crippen molar-refractivity contribution in [1.82, 2.24) is 0 Å². The number of hydrogen-bond acceptors (Lipinski definition) is 2. The van der Waals surface area contributed by atoms with Crippen molar-refractivity contribution in [2.24, 2.45) is 0 Å². The quantitative estimate of drug-likeness (QED) is 0.378. The van der Waals surface area contributed by atoms with Crippen LogP contribution in [0.25, 0.3) is 0 Å². The number of hydrogen-bond donors (Lipinski definition) is 1. The van der Waals surface area contributed by atoms with E-state index in [1.807, 2.05) is 0 Å². The van der Waals surface area contributed by atoms with Crippen LogP contribution in [0.3, 0.4) is 0 Å². The second-order valence-corrected chi connectivity index (χ2v) is 6.25. The number of halogens is 12. The Bertz CT molecular complexity index is 357. The van der Waals surface area contributed by atoms with Crippen LogP contribution in [0.4, 0.5) is 51.8 Å². The molecule has 0 aromatic heterocycles. The molecule has 0 aliphatic rings. The summed E-state index contributed by atoms with van der Waals surface area (Å²) in [5.74, 6) is 0. The van der Waals surface area contributed by atoms with Gasteiger partial charge < -0.3 is 53.2 Å². The zero-order chi connectivity index (χ0) is 20.5. The first kappa shape index (κ1) is 35.1. The Morgan fingerprint density at radius 2 is 0.708 bits per heavy atom. The Morgan fingerprint density at radius 3 is 0.708 bits per heavy atom. The third kappa shape index (κ3) is 121. The molecule has 0 saturated carbocycles. The van der Waals surface area contributed by atoms with Gasteiger partial charge in [0, 0.05) is 0 Å². The molecule has 0 amide bonds. The van der Waals surface area contributed by atoms with Crippen LogP contribution in [0.2, 0.25) is 0 Å². The molecule has 0 saturated heterocycles. The minimum atomic E-state index is -6.00. The van der Waals surface area contributed by atoms with Gasteiger partial charge in [-0.05, 0) is 20.8 Å². The fourth-order valence-electron chi connectivity index (χ4n) is 0. The molecule has 3 nitrogen and oxygen atoms in total. The van der Waals surface area contributed by atoms with Gasteiger partial charge in [-0.3, -0.25) is 4.55 Å². The number of rotatable bonds is 0. The van der Waals surface area contributed by atoms with E-state index in [9.17, 15) is 60.2 Å². The average Bonchev–Trinajstić information content (AvgIpc) is 1.86. The Morgan fingerprint density at radius 1 is 0.667 bits per heavy atom. The summed E-state index contributed by atoms with van der Waals surface area (Å²) in [6.45, 7) is 4.30. The van der Waals surface area contributed by atoms with Crippen LogP contribution >= 0.6 is 0 Å². The van der Waals surface area contributed by atoms with Crippen molar-refractivity contribution in [2.45, 2.75) is 25.5 Å². The SMILES string of the molecule is CC(C)(C)S(=O)(=O)O.F[B-](F)(F)F.F[B-](F)(F)F.F[B-](F)(F)F.[H-].[Li+]. The maximum atomic E-state index is 10.2. The van der Waals surface area contributed by atoms with Gasteiger partial charge in [-0.15, -0.1) is 0 Å². The third-order valence-electron chi connectivity index (χ3n) is 0.774. The fraction of sp³-hybridized carbons (Fsp3) is 1.00. The summed E-state index contributed by atoms with van der Waals surface area (Å²) in [6.07, 6.45) is 0. The summed E-state index contributed by atoms with van der Waals surface area (Å²) in [5.41, 5.74) is 0. The largest absolute Gasteiger partial charge is 1.00 e. The van der Waals surface area contributed by atoms with Crippen LogP contribution in [0.5, 0.6) is 0 Å². The maximum absolute atomic E-state index is 10.2. The van der Waals surface area contributed by atoms with Gasteiger partial charge in [0.1, 0.15) is 0 Å². The average molecular weight is 407 g/mol. The van der Waals surface area contributed by atoms with Crippen LogP contribution in [0, 0.1) is 0 Å². The standard InChI is InChI=1S/C4H10O3S.3BF4.Li.H/c1-4(2,3)8(5,6)7;3*2-1(3,4)5;;/h1-3H3,(H,5,6,7);;;;;/q;3*-1;+1;-1. The van der Waals surface area contributed by atoms with E-state index >= 15 is 0 Å². The molecular formula is C4H11B3F12LiO3S-3. The van der Waals surface area contributed by atoms with Crippen molar-refractivity contribution in [3.05, 3.63) is 0 Å². The molecule has 0 spiro atoms. The smallest absolute Gasteiger partial charge is 1.00 e. The minimum absolute atomic E-state index is 0. The Hall–Kier alpha value is -0.138. The van der Waals surface area contributed by atoms with E-state index in [1.54, 1.807) is 0 Å². The molecule has 24 heavy (non-hydrogen) atoms. The molecule has 20 heteroatoms. The summed E-state index contributed by atoms with van der Waals surface area (Å²) in [4.78, 5) is 0. The Kier molecular flexibility index (Phi) is 17.9. The summed E-state index contributed by atoms with van der Waals surface area (Å²) >= 11 is 0. The van der Waals surface area contributed by atoms with Crippen molar-refractivity contribution in [3.63, 3.8) is 0 Å². The molecule has 0 radical (unpaired) electrons. The molecule has 0 unspecified atom stereocenters. The zero-order valence-electron chi connectivity index (χ0n) is 13.4. The Balaban J connectivity index is -0.0000000481. The molecule has 0 atom stereocenters. The molecule has 1 N–H and O–H groups in total. The van der Waals surface area contributed by atoms with E-state index in [4.69, 9.17) is 4.55 Å². The first-order chi connectivity index (χ1) is 9.25. The van der Waals surface area contributed by atoms with Crippen LogP contribution in [-0.2, 0) is 10.1 Å². The van der Waals surface area contributed by atoms with Gasteiger partial charge >= 0.3 is 40.6 Å². The first-order valence-corrected chi connectivity index (χ1v) is 6.28. The molecule has 0 aliphatic heterocycles. The zero-order valence-corrected chi connectivity index (χ0v) is 13.3. The maximum Gasteiger partial charge on any atom is 1.00 e. The minimum Gasteiger partial charge on any atom is -1.00 e. The van der Waals surface area contributed by atoms with E-state index in [0.717, 1.165) is 0 Å². The molecule has 0 bridgehead atoms. The van der Waals surface area contributed by atoms with Gasteiger partial charge in [0.05, 0.1) is 4.75 Å². The second kappa shape index (κ2) is 12.3. The molecule has 0 heterocycles. The molecule has 0 rings (SSSR count). The predicted molar refractivity (Wildman–Crippen MR) is 63.0 cm³/mol. The van der Waals surface area contributed by atoms with Crippen LogP contribution in [-0.4, -0.2) is 39.5 Å². The normalized spacial score (nSPS) is 12.2. The van der Waals surface area contributed by atoms with Crippen molar-refractivity contribution < 1.29 is 85.0 Å². The first-order valence-electron chi connectivity index (χ1n) is 4.84. The molecule has 0 aromatic carbocycles. The summed E-state index contributed by atoms with van der Waals surface area (Å²) in [7, 11) is -21.8. The predicted octanol–water partition coefficient (Wildman–Crippen LogP) is 1.69. The van der Waals surface area contributed by atoms with E-state index in [-0.39, 0.29) is 20.3 Å². The molecule has 148 valence electrons. The van der Waals surface area contributed by atoms with Gasteiger partial charge in [-0.2, -0.15) is 8.42 Å². The molecular weight excluding hydrogens is 395 g/mol. The van der Waals surface area contributed by atoms with Crippen LogP contribution in [0.15, 0.2) is 0 Å². The van der Waals surface area contributed by atoms with Gasteiger partial charge in [0.2, 0.25) is 0 Å². The monoisotopic (exact) mass is 407 g/mol. The van der Waals surface area contributed by atoms with Gasteiger partial charge in [-0.1, -0.05) is 0 Å². The van der Waals surface area contributed by atoms with Gasteiger partial charge in [0.15, 0.2) is 0 Å². The van der Waals surface area contributed by atoms with Crippen molar-refractivity contribution in [2.75, 3.05) is 0 Å². The third-order valence-corrected chi connectivity index (χ3v) is 2.32. The van der Waals surface area contributed by atoms with Crippen molar-refractivity contribution >= 4 is 31.9 Å². The molecule has 0 fully saturated rings. The molecule has 0 aliphatic carbocycles. The van der Waals surface area contributed by atoms with Crippen molar-refractivity contribution in [3.8, 4) is 0 Å². The van der Waals surface area contributed by atoms with Gasteiger partial charge in [-0.25, -0.2) is 0 Å². The summed E-state index contributed by atoms with van der Waals surface area (Å²) in [5, 5.41) is 0. The van der Waals surface area contributed by atoms with Crippen LogP contribution < -0.4 is 18.9 Å². The topological polar surface area (TPSA) is 54.4 Å². The second-order valence-electron chi connectivity index (χ2n) is 4.07. The van der Waals surface area contributed by atoms with E-state index < -0.39 is 36.6 Å². The van der Waals surface area contributed by atoms with Crippen LogP contribution in [0.1, 0.15) is 22.2 Å².